The van der Waals surface area contributed by atoms with E-state index >= 15 is 0 Å². The third kappa shape index (κ3) is 7.26. The van der Waals surface area contributed by atoms with Gasteiger partial charge in [0.1, 0.15) is 0 Å². The molecule has 0 spiro atoms. The monoisotopic (exact) mass is 759 g/mol. The summed E-state index contributed by atoms with van der Waals surface area (Å²) >= 11 is 0. The van der Waals surface area contributed by atoms with Crippen LogP contribution in [-0.4, -0.2) is 4.57 Å². The summed E-state index contributed by atoms with van der Waals surface area (Å²) in [4.78, 5) is 0. The third-order valence-electron chi connectivity index (χ3n) is 12.0. The van der Waals surface area contributed by atoms with Gasteiger partial charge in [0.05, 0.1) is 11.0 Å². The Morgan fingerprint density at radius 1 is 0.356 bits per heavy atom. The second kappa shape index (κ2) is 15.8. The van der Waals surface area contributed by atoms with E-state index in [9.17, 15) is 0 Å². The molecule has 1 aliphatic rings. The van der Waals surface area contributed by atoms with E-state index in [0.29, 0.717) is 0 Å². The maximum absolute atomic E-state index is 2.37. The van der Waals surface area contributed by atoms with Gasteiger partial charge in [-0.3, -0.25) is 0 Å². The molecule has 0 unspecified atom stereocenters. The van der Waals surface area contributed by atoms with Crippen LogP contribution < -0.4 is 0 Å². The first kappa shape index (κ1) is 37.6. The van der Waals surface area contributed by atoms with Gasteiger partial charge in [0, 0.05) is 21.9 Å². The number of aromatic nitrogens is 1. The number of hydrogen-bond acceptors (Lipinski definition) is 0. The van der Waals surface area contributed by atoms with E-state index in [-0.39, 0.29) is 5.41 Å². The summed E-state index contributed by atoms with van der Waals surface area (Å²) in [5, 5.41) is 5.25. The summed E-state index contributed by atoms with van der Waals surface area (Å²) in [6, 6.07) is 74.0. The molecule has 0 amide bonds. The van der Waals surface area contributed by atoms with E-state index in [0.717, 1.165) is 0 Å². The SMILES string of the molecule is Cc1ccc2c(c1)C(C)(C)c1ccccc1-2.Cc1cccc(-c2ccc3c(c2)c2ccccc2n3-c2ccc(-c3ccccc3)cc2)c1.Cc1cccc2ccccc12. The summed E-state index contributed by atoms with van der Waals surface area (Å²) in [7, 11) is 0. The molecule has 0 saturated heterocycles. The first-order valence-electron chi connectivity index (χ1n) is 20.7. The van der Waals surface area contributed by atoms with Crippen molar-refractivity contribution in [1.29, 1.82) is 0 Å². The summed E-state index contributed by atoms with van der Waals surface area (Å²) < 4.78 is 2.37. The highest BCUT2D eigenvalue weighted by Crippen LogP contribution is 2.48. The van der Waals surface area contributed by atoms with Crippen molar-refractivity contribution in [2.75, 3.05) is 0 Å². The van der Waals surface area contributed by atoms with Gasteiger partial charge in [-0.25, -0.2) is 0 Å². The van der Waals surface area contributed by atoms with Crippen LogP contribution in [0.3, 0.4) is 0 Å². The fourth-order valence-electron chi connectivity index (χ4n) is 8.89. The molecule has 286 valence electrons. The van der Waals surface area contributed by atoms with E-state index in [1.807, 2.05) is 0 Å². The Bertz CT molecular complexity index is 3080. The average molecular weight is 760 g/mol. The van der Waals surface area contributed by atoms with Crippen molar-refractivity contribution < 1.29 is 0 Å². The molecule has 1 aliphatic carbocycles. The Hall–Kier alpha value is -6.96. The van der Waals surface area contributed by atoms with Crippen LogP contribution in [0.25, 0.3) is 71.6 Å². The first-order chi connectivity index (χ1) is 28.8. The summed E-state index contributed by atoms with van der Waals surface area (Å²) in [5.74, 6) is 0. The van der Waals surface area contributed by atoms with Gasteiger partial charge in [0.25, 0.3) is 0 Å². The van der Waals surface area contributed by atoms with Crippen molar-refractivity contribution in [2.24, 2.45) is 0 Å². The fourth-order valence-corrected chi connectivity index (χ4v) is 8.89. The predicted octanol–water partition coefficient (Wildman–Crippen LogP) is 15.9. The van der Waals surface area contributed by atoms with Crippen LogP contribution in [0, 0.1) is 20.8 Å². The Kier molecular flexibility index (Phi) is 10.0. The minimum absolute atomic E-state index is 0.151. The lowest BCUT2D eigenvalue weighted by atomic mass is 9.82. The molecule has 0 N–H and O–H groups in total. The van der Waals surface area contributed by atoms with Crippen molar-refractivity contribution >= 4 is 32.6 Å². The smallest absolute Gasteiger partial charge is 0.0541 e. The van der Waals surface area contributed by atoms with Gasteiger partial charge in [-0.15, -0.1) is 0 Å². The van der Waals surface area contributed by atoms with E-state index in [2.05, 4.69) is 245 Å². The van der Waals surface area contributed by atoms with Crippen LogP contribution in [0.15, 0.2) is 206 Å². The molecule has 9 aromatic carbocycles. The standard InChI is InChI=1S/C31H23N.C16H16.C11H10/c1-22-8-7-11-25(20-22)26-16-19-31-29(21-26)28-12-5-6-13-30(28)32(31)27-17-14-24(15-18-27)23-9-3-2-4-10-23;1-11-8-9-13-12-6-4-5-7-14(12)16(2,3)15(13)10-11;1-9-5-4-7-10-6-2-3-8-11(9)10/h2-21H,1H3;4-10H,1-3H3;2-8H,1H3. The van der Waals surface area contributed by atoms with Crippen LogP contribution in [0.5, 0.6) is 0 Å². The number of benzene rings is 9. The minimum Gasteiger partial charge on any atom is -0.309 e. The van der Waals surface area contributed by atoms with Crippen LogP contribution in [0.2, 0.25) is 0 Å². The number of nitrogens with zero attached hydrogens (tertiary/aromatic N) is 1. The molecule has 1 heterocycles. The van der Waals surface area contributed by atoms with Crippen LogP contribution >= 0.6 is 0 Å². The van der Waals surface area contributed by atoms with E-state index < -0.39 is 0 Å². The number of fused-ring (bicyclic) bond motifs is 7. The van der Waals surface area contributed by atoms with E-state index in [4.69, 9.17) is 0 Å². The number of aryl methyl sites for hydroxylation is 3. The van der Waals surface area contributed by atoms with Gasteiger partial charge >= 0.3 is 0 Å². The van der Waals surface area contributed by atoms with Crippen LogP contribution in [0.4, 0.5) is 0 Å². The van der Waals surface area contributed by atoms with Gasteiger partial charge < -0.3 is 4.57 Å². The lowest BCUT2D eigenvalue weighted by Gasteiger charge is -2.21. The Morgan fingerprint density at radius 3 is 1.73 bits per heavy atom. The number of para-hydroxylation sites is 1. The highest BCUT2D eigenvalue weighted by molar-refractivity contribution is 6.10. The van der Waals surface area contributed by atoms with Gasteiger partial charge in [0.2, 0.25) is 0 Å². The Morgan fingerprint density at radius 2 is 0.932 bits per heavy atom. The number of rotatable bonds is 3. The van der Waals surface area contributed by atoms with E-state index in [1.54, 1.807) is 0 Å². The summed E-state index contributed by atoms with van der Waals surface area (Å²) in [5.41, 5.74) is 18.5. The molecule has 0 atom stereocenters. The molecule has 0 bridgehead atoms. The molecule has 0 aliphatic heterocycles. The summed E-state index contributed by atoms with van der Waals surface area (Å²) in [6.07, 6.45) is 0. The second-order valence-corrected chi connectivity index (χ2v) is 16.4. The average Bonchev–Trinajstić information content (AvgIpc) is 3.72. The topological polar surface area (TPSA) is 4.93 Å². The molecular formula is C58H49N. The van der Waals surface area contributed by atoms with Crippen molar-refractivity contribution in [3.05, 3.63) is 234 Å². The molecule has 1 heteroatoms. The van der Waals surface area contributed by atoms with Crippen molar-refractivity contribution in [3.63, 3.8) is 0 Å². The Balaban J connectivity index is 0.000000137. The predicted molar refractivity (Wildman–Crippen MR) is 254 cm³/mol. The molecule has 1 nitrogen and oxygen atoms in total. The lowest BCUT2D eigenvalue weighted by molar-refractivity contribution is 0.660. The molecular weight excluding hydrogens is 711 g/mol. The van der Waals surface area contributed by atoms with Crippen molar-refractivity contribution in [2.45, 2.75) is 40.0 Å². The number of hydrogen-bond donors (Lipinski definition) is 0. The minimum atomic E-state index is 0.151. The quantitative estimate of drug-likeness (QED) is 0.169. The second-order valence-electron chi connectivity index (χ2n) is 16.4. The van der Waals surface area contributed by atoms with Crippen molar-refractivity contribution in [3.8, 4) is 39.1 Å². The zero-order valence-electron chi connectivity index (χ0n) is 34.6. The van der Waals surface area contributed by atoms with Gasteiger partial charge in [0.15, 0.2) is 0 Å². The molecule has 10 aromatic rings. The van der Waals surface area contributed by atoms with Gasteiger partial charge in [-0.2, -0.15) is 0 Å². The normalized spacial score (nSPS) is 12.3. The van der Waals surface area contributed by atoms with Gasteiger partial charge in [-0.1, -0.05) is 201 Å². The van der Waals surface area contributed by atoms with Crippen LogP contribution in [0.1, 0.15) is 41.7 Å². The molecule has 0 saturated carbocycles. The maximum atomic E-state index is 2.37. The first-order valence-corrected chi connectivity index (χ1v) is 20.7. The van der Waals surface area contributed by atoms with Gasteiger partial charge in [-0.05, 0) is 112 Å². The third-order valence-corrected chi connectivity index (χ3v) is 12.0. The highest BCUT2D eigenvalue weighted by Gasteiger charge is 2.34. The largest absolute Gasteiger partial charge is 0.309 e. The highest BCUT2D eigenvalue weighted by atomic mass is 15.0. The van der Waals surface area contributed by atoms with E-state index in [1.165, 1.54) is 99.5 Å². The zero-order valence-corrected chi connectivity index (χ0v) is 34.6. The lowest BCUT2D eigenvalue weighted by Crippen LogP contribution is -2.14. The summed E-state index contributed by atoms with van der Waals surface area (Å²) in [6.45, 7) is 11.1. The fraction of sp³-hybridized carbons (Fsp3) is 0.103. The molecule has 59 heavy (non-hydrogen) atoms. The zero-order chi connectivity index (χ0) is 40.5. The molecule has 0 fully saturated rings. The molecule has 1 aromatic heterocycles. The van der Waals surface area contributed by atoms with Crippen molar-refractivity contribution in [1.82, 2.24) is 4.57 Å². The molecule has 0 radical (unpaired) electrons. The Labute approximate surface area is 348 Å². The molecule has 11 rings (SSSR count). The maximum Gasteiger partial charge on any atom is 0.0541 e. The van der Waals surface area contributed by atoms with Crippen LogP contribution in [-0.2, 0) is 5.41 Å².